The van der Waals surface area contributed by atoms with Crippen molar-refractivity contribution in [1.82, 2.24) is 15.5 Å². The van der Waals surface area contributed by atoms with Gasteiger partial charge in [-0.05, 0) is 68.7 Å². The van der Waals surface area contributed by atoms with Crippen molar-refractivity contribution in [3.63, 3.8) is 0 Å². The van der Waals surface area contributed by atoms with Crippen LogP contribution in [0.3, 0.4) is 0 Å². The molecule has 0 radical (unpaired) electrons. The monoisotopic (exact) mass is 591 g/mol. The Morgan fingerprint density at radius 2 is 1.19 bits per heavy atom. The molecule has 2 aromatic carbocycles. The van der Waals surface area contributed by atoms with E-state index in [0.29, 0.717) is 12.5 Å². The van der Waals surface area contributed by atoms with Crippen molar-refractivity contribution in [1.29, 1.82) is 0 Å². The lowest BCUT2D eigenvalue weighted by atomic mass is 9.84. The quantitative estimate of drug-likeness (QED) is 0.318. The molecule has 0 bridgehead atoms. The summed E-state index contributed by atoms with van der Waals surface area (Å²) in [6.07, 6.45) is 12.9. The second kappa shape index (κ2) is 18.3. The standard InChI is InChI=1S/C20H30N2O2.C15H19NO3/c23-20(24-16-17-9-3-1-4-10-17)21-19-12-6-5-11-18(19)15-22-13-7-2-8-14-22;17-10-13-8-4-5-9-14(13)16-15(18)19-11-12-6-2-1-3-7-12/h1,3-4,9-10,18-19H,2,5-8,11-16H2,(H,21,23);1-3,6-7,10,13-14H,4-5,8-9,11H2,(H,16,18)/t18-,19+;13-,14+/m00/s1. The van der Waals surface area contributed by atoms with Gasteiger partial charge in [-0.25, -0.2) is 9.59 Å². The van der Waals surface area contributed by atoms with E-state index in [1.165, 1.54) is 51.6 Å². The predicted molar refractivity (Wildman–Crippen MR) is 167 cm³/mol. The van der Waals surface area contributed by atoms with E-state index >= 15 is 0 Å². The molecule has 43 heavy (non-hydrogen) atoms. The molecule has 2 aromatic rings. The number of amides is 2. The number of nitrogens with one attached hydrogen (secondary N) is 2. The summed E-state index contributed by atoms with van der Waals surface area (Å²) in [4.78, 5) is 37.4. The number of carbonyl (C=O) groups is 3. The minimum absolute atomic E-state index is 0.0713. The number of ether oxygens (including phenoxy) is 2. The summed E-state index contributed by atoms with van der Waals surface area (Å²) in [6, 6.07) is 19.6. The van der Waals surface area contributed by atoms with Gasteiger partial charge in [0.1, 0.15) is 19.5 Å². The third-order valence-electron chi connectivity index (χ3n) is 8.88. The minimum atomic E-state index is -0.442. The molecule has 3 fully saturated rings. The van der Waals surface area contributed by atoms with Crippen LogP contribution in [0.5, 0.6) is 0 Å². The Bertz CT molecular complexity index is 1090. The third-order valence-corrected chi connectivity index (χ3v) is 8.88. The van der Waals surface area contributed by atoms with Crippen molar-refractivity contribution >= 4 is 18.5 Å². The van der Waals surface area contributed by atoms with Gasteiger partial charge in [0, 0.05) is 24.5 Å². The molecule has 1 aliphatic heterocycles. The van der Waals surface area contributed by atoms with Gasteiger partial charge in [-0.1, -0.05) is 92.8 Å². The molecule has 0 unspecified atom stereocenters. The van der Waals surface area contributed by atoms with Crippen molar-refractivity contribution < 1.29 is 23.9 Å². The molecule has 1 heterocycles. The van der Waals surface area contributed by atoms with E-state index in [4.69, 9.17) is 9.47 Å². The Labute approximate surface area is 256 Å². The van der Waals surface area contributed by atoms with Gasteiger partial charge in [0.15, 0.2) is 0 Å². The molecule has 234 valence electrons. The molecule has 2 aliphatic carbocycles. The number of nitrogens with zero attached hydrogens (tertiary/aromatic N) is 1. The van der Waals surface area contributed by atoms with Crippen LogP contribution in [0.25, 0.3) is 0 Å². The van der Waals surface area contributed by atoms with Crippen LogP contribution < -0.4 is 10.6 Å². The maximum Gasteiger partial charge on any atom is 0.407 e. The van der Waals surface area contributed by atoms with Crippen LogP contribution in [-0.4, -0.2) is 55.1 Å². The fourth-order valence-electron chi connectivity index (χ4n) is 6.42. The summed E-state index contributed by atoms with van der Waals surface area (Å²) in [6.45, 7) is 4.17. The molecule has 2 saturated carbocycles. The second-order valence-electron chi connectivity index (χ2n) is 12.1. The van der Waals surface area contributed by atoms with E-state index in [1.54, 1.807) is 0 Å². The Morgan fingerprint density at radius 3 is 1.77 bits per heavy atom. The lowest BCUT2D eigenvalue weighted by Gasteiger charge is -2.37. The maximum atomic E-state index is 12.2. The van der Waals surface area contributed by atoms with Crippen molar-refractivity contribution in [2.24, 2.45) is 11.8 Å². The molecule has 2 amide bonds. The second-order valence-corrected chi connectivity index (χ2v) is 12.1. The normalized spacial score (nSPS) is 24.0. The number of aldehydes is 1. The average molecular weight is 592 g/mol. The highest BCUT2D eigenvalue weighted by molar-refractivity contribution is 5.69. The van der Waals surface area contributed by atoms with Crippen molar-refractivity contribution in [2.45, 2.75) is 95.9 Å². The van der Waals surface area contributed by atoms with Crippen LogP contribution in [0.4, 0.5) is 9.59 Å². The Morgan fingerprint density at radius 1 is 0.674 bits per heavy atom. The van der Waals surface area contributed by atoms with Gasteiger partial charge in [0.25, 0.3) is 0 Å². The number of piperidine rings is 1. The zero-order chi connectivity index (χ0) is 30.1. The van der Waals surface area contributed by atoms with E-state index in [9.17, 15) is 14.4 Å². The van der Waals surface area contributed by atoms with Crippen molar-refractivity contribution in [2.75, 3.05) is 19.6 Å². The smallest absolute Gasteiger partial charge is 0.407 e. The van der Waals surface area contributed by atoms with Gasteiger partial charge < -0.3 is 29.8 Å². The molecule has 8 nitrogen and oxygen atoms in total. The lowest BCUT2D eigenvalue weighted by Crippen LogP contribution is -2.47. The topological polar surface area (TPSA) is 97.0 Å². The van der Waals surface area contributed by atoms with Crippen LogP contribution in [-0.2, 0) is 27.5 Å². The minimum Gasteiger partial charge on any atom is -0.445 e. The fourth-order valence-corrected chi connectivity index (χ4v) is 6.42. The summed E-state index contributed by atoms with van der Waals surface area (Å²) in [5.41, 5.74) is 1.98. The summed E-state index contributed by atoms with van der Waals surface area (Å²) in [5.74, 6) is 0.499. The number of hydrogen-bond donors (Lipinski definition) is 2. The molecular formula is C35H49N3O5. The Balaban J connectivity index is 0.000000203. The summed E-state index contributed by atoms with van der Waals surface area (Å²) in [7, 11) is 0. The number of alkyl carbamates (subject to hydrolysis) is 2. The van der Waals surface area contributed by atoms with Gasteiger partial charge in [0.2, 0.25) is 0 Å². The van der Waals surface area contributed by atoms with Gasteiger partial charge in [-0.3, -0.25) is 0 Å². The fraction of sp³-hybridized carbons (Fsp3) is 0.571. The third kappa shape index (κ3) is 11.7. The van der Waals surface area contributed by atoms with Crippen LogP contribution in [0.2, 0.25) is 0 Å². The van der Waals surface area contributed by atoms with Gasteiger partial charge in [-0.15, -0.1) is 0 Å². The van der Waals surface area contributed by atoms with E-state index in [1.807, 2.05) is 60.7 Å². The number of hydrogen-bond acceptors (Lipinski definition) is 6. The highest BCUT2D eigenvalue weighted by Crippen LogP contribution is 2.27. The van der Waals surface area contributed by atoms with Crippen molar-refractivity contribution in [3.05, 3.63) is 71.8 Å². The van der Waals surface area contributed by atoms with E-state index in [0.717, 1.165) is 56.1 Å². The van der Waals surface area contributed by atoms with E-state index < -0.39 is 6.09 Å². The molecule has 0 aromatic heterocycles. The molecular weight excluding hydrogens is 542 g/mol. The zero-order valence-corrected chi connectivity index (χ0v) is 25.5. The predicted octanol–water partition coefficient (Wildman–Crippen LogP) is 6.63. The SMILES string of the molecule is O=C(N[C@@H]1CCCC[C@H]1CN1CCCCC1)OCc1ccccc1.O=C[C@@H]1CCCC[C@H]1NC(=O)OCc1ccccc1. The van der Waals surface area contributed by atoms with Gasteiger partial charge in [-0.2, -0.15) is 0 Å². The molecule has 0 spiro atoms. The van der Waals surface area contributed by atoms with Gasteiger partial charge >= 0.3 is 12.2 Å². The van der Waals surface area contributed by atoms with E-state index in [2.05, 4.69) is 15.5 Å². The first kappa shape index (κ1) is 32.5. The summed E-state index contributed by atoms with van der Waals surface area (Å²) >= 11 is 0. The summed E-state index contributed by atoms with van der Waals surface area (Å²) in [5, 5.41) is 5.94. The first-order valence-corrected chi connectivity index (χ1v) is 16.2. The molecule has 5 rings (SSSR count). The lowest BCUT2D eigenvalue weighted by molar-refractivity contribution is -0.112. The van der Waals surface area contributed by atoms with Crippen molar-refractivity contribution in [3.8, 4) is 0 Å². The number of rotatable bonds is 9. The summed E-state index contributed by atoms with van der Waals surface area (Å²) < 4.78 is 10.6. The average Bonchev–Trinajstić information content (AvgIpc) is 3.06. The number of benzene rings is 2. The number of likely N-dealkylation sites (tertiary alicyclic amines) is 1. The van der Waals surface area contributed by atoms with Gasteiger partial charge in [0.05, 0.1) is 0 Å². The first-order chi connectivity index (χ1) is 21.1. The molecule has 3 aliphatic rings. The van der Waals surface area contributed by atoms with Crippen LogP contribution in [0.1, 0.15) is 81.8 Å². The Kier molecular flexibility index (Phi) is 13.9. The van der Waals surface area contributed by atoms with Crippen LogP contribution >= 0.6 is 0 Å². The van der Waals surface area contributed by atoms with Crippen LogP contribution in [0, 0.1) is 11.8 Å². The Hall–Kier alpha value is -3.39. The molecule has 2 N–H and O–H groups in total. The molecule has 4 atom stereocenters. The van der Waals surface area contributed by atoms with E-state index in [-0.39, 0.29) is 30.7 Å². The largest absolute Gasteiger partial charge is 0.445 e. The molecule has 1 saturated heterocycles. The van der Waals surface area contributed by atoms with Crippen LogP contribution in [0.15, 0.2) is 60.7 Å². The zero-order valence-electron chi connectivity index (χ0n) is 25.5. The number of carbonyl (C=O) groups excluding carboxylic acids is 3. The highest BCUT2D eigenvalue weighted by atomic mass is 16.6. The maximum absolute atomic E-state index is 12.2. The highest BCUT2D eigenvalue weighted by Gasteiger charge is 2.29. The first-order valence-electron chi connectivity index (χ1n) is 16.2. The molecule has 8 heteroatoms.